The molecule has 1 saturated heterocycles. The van der Waals surface area contributed by atoms with Crippen molar-refractivity contribution in [3.8, 4) is 28.1 Å². The first-order valence-corrected chi connectivity index (χ1v) is 13.2. The number of benzene rings is 1. The van der Waals surface area contributed by atoms with E-state index in [1.807, 2.05) is 19.1 Å². The van der Waals surface area contributed by atoms with Crippen molar-refractivity contribution < 1.29 is 10.2 Å². The molecule has 0 spiro atoms. The summed E-state index contributed by atoms with van der Waals surface area (Å²) in [6.45, 7) is 12.6. The predicted octanol–water partition coefficient (Wildman–Crippen LogP) is 4.90. The molecular formula is C29H35ClN6O2. The van der Waals surface area contributed by atoms with E-state index in [0.717, 1.165) is 48.7 Å². The summed E-state index contributed by atoms with van der Waals surface area (Å²) >= 11 is 6.62. The number of anilines is 2. The van der Waals surface area contributed by atoms with E-state index in [0.29, 0.717) is 22.0 Å². The highest BCUT2D eigenvalue weighted by molar-refractivity contribution is 6.33. The van der Waals surface area contributed by atoms with Crippen LogP contribution in [0.1, 0.15) is 26.5 Å². The predicted molar refractivity (Wildman–Crippen MR) is 153 cm³/mol. The van der Waals surface area contributed by atoms with Crippen molar-refractivity contribution in [3.63, 3.8) is 0 Å². The van der Waals surface area contributed by atoms with Crippen LogP contribution in [0.3, 0.4) is 0 Å². The summed E-state index contributed by atoms with van der Waals surface area (Å²) in [5.74, 6) is 0.0753. The van der Waals surface area contributed by atoms with Crippen LogP contribution in [-0.4, -0.2) is 75.1 Å². The molecular weight excluding hydrogens is 500 g/mol. The van der Waals surface area contributed by atoms with Gasteiger partial charge in [-0.15, -0.1) is 0 Å². The number of hydrogen-bond donors (Lipinski definition) is 2. The molecule has 1 aromatic carbocycles. The van der Waals surface area contributed by atoms with Crippen molar-refractivity contribution in [2.45, 2.75) is 39.6 Å². The van der Waals surface area contributed by atoms with Gasteiger partial charge < -0.3 is 24.9 Å². The van der Waals surface area contributed by atoms with E-state index >= 15 is 0 Å². The molecule has 2 aromatic heterocycles. The molecule has 2 N–H and O–H groups in total. The average Bonchev–Trinajstić information content (AvgIpc) is 3.22. The zero-order valence-electron chi connectivity index (χ0n) is 22.6. The first kappa shape index (κ1) is 26.3. The highest BCUT2D eigenvalue weighted by atomic mass is 35.5. The summed E-state index contributed by atoms with van der Waals surface area (Å²) in [5, 5.41) is 22.2. The molecule has 9 heteroatoms. The van der Waals surface area contributed by atoms with E-state index in [9.17, 15) is 10.2 Å². The molecule has 3 aromatic rings. The van der Waals surface area contributed by atoms with Gasteiger partial charge in [-0.2, -0.15) is 0 Å². The Morgan fingerprint density at radius 2 is 1.68 bits per heavy atom. The van der Waals surface area contributed by atoms with Gasteiger partial charge >= 0.3 is 0 Å². The zero-order chi connectivity index (χ0) is 27.2. The number of piperazine rings is 1. The van der Waals surface area contributed by atoms with Gasteiger partial charge in [0.1, 0.15) is 11.4 Å². The molecule has 0 aliphatic carbocycles. The number of aromatic hydroxyl groups is 1. The smallest absolute Gasteiger partial charge is 0.211 e. The maximum absolute atomic E-state index is 11.3. The molecule has 1 unspecified atom stereocenters. The third-order valence-electron chi connectivity index (χ3n) is 7.44. The average molecular weight is 535 g/mol. The summed E-state index contributed by atoms with van der Waals surface area (Å²) in [5.41, 5.74) is 5.47. The molecule has 0 amide bonds. The van der Waals surface area contributed by atoms with Crippen LogP contribution in [0.25, 0.3) is 22.4 Å². The van der Waals surface area contributed by atoms with Gasteiger partial charge in [0, 0.05) is 74.7 Å². The van der Waals surface area contributed by atoms with Gasteiger partial charge in [-0.25, -0.2) is 0 Å². The summed E-state index contributed by atoms with van der Waals surface area (Å²) in [7, 11) is 1.79. The second-order valence-electron chi connectivity index (χ2n) is 10.9. The number of hydrogen-bond acceptors (Lipinski definition) is 8. The van der Waals surface area contributed by atoms with Gasteiger partial charge in [-0.05, 0) is 57.5 Å². The lowest BCUT2D eigenvalue weighted by atomic mass is 10.0. The maximum Gasteiger partial charge on any atom is 0.211 e. The van der Waals surface area contributed by atoms with E-state index < -0.39 is 6.35 Å². The second kappa shape index (κ2) is 10.1. The highest BCUT2D eigenvalue weighted by Gasteiger charge is 2.27. The Morgan fingerprint density at radius 3 is 2.32 bits per heavy atom. The SMILES string of the molecule is Cc1ncc(-c2nccc(-c3ccc(N4C=CN(C)C4O)c(Cl)c3)c2O)cc1N1CCN(C(C)(C)C)CC1. The first-order chi connectivity index (χ1) is 18.0. The third-order valence-corrected chi connectivity index (χ3v) is 7.74. The van der Waals surface area contributed by atoms with E-state index in [-0.39, 0.29) is 11.3 Å². The van der Waals surface area contributed by atoms with Crippen LogP contribution in [0.4, 0.5) is 11.4 Å². The van der Waals surface area contributed by atoms with Crippen LogP contribution < -0.4 is 9.80 Å². The minimum absolute atomic E-state index is 0.0753. The Labute approximate surface area is 229 Å². The van der Waals surface area contributed by atoms with E-state index in [1.165, 1.54) is 0 Å². The van der Waals surface area contributed by atoms with Crippen molar-refractivity contribution in [1.82, 2.24) is 19.8 Å². The molecule has 0 bridgehead atoms. The van der Waals surface area contributed by atoms with Gasteiger partial charge in [-0.1, -0.05) is 17.7 Å². The van der Waals surface area contributed by atoms with Crippen LogP contribution in [0.2, 0.25) is 5.02 Å². The number of halogens is 1. The summed E-state index contributed by atoms with van der Waals surface area (Å²) in [6, 6.07) is 9.37. The highest BCUT2D eigenvalue weighted by Crippen LogP contribution is 2.40. The van der Waals surface area contributed by atoms with Crippen molar-refractivity contribution >= 4 is 23.0 Å². The Balaban J connectivity index is 1.43. The minimum atomic E-state index is -0.820. The van der Waals surface area contributed by atoms with Crippen molar-refractivity contribution in [1.29, 1.82) is 0 Å². The Kier molecular flexibility index (Phi) is 6.98. The number of aryl methyl sites for hydroxylation is 1. The van der Waals surface area contributed by atoms with Gasteiger partial charge in [0.2, 0.25) is 6.35 Å². The number of pyridine rings is 2. The molecule has 4 heterocycles. The number of nitrogens with zero attached hydrogens (tertiary/aromatic N) is 6. The van der Waals surface area contributed by atoms with Crippen LogP contribution in [0.15, 0.2) is 55.1 Å². The van der Waals surface area contributed by atoms with Crippen LogP contribution in [-0.2, 0) is 0 Å². The number of aromatic nitrogens is 2. The fraction of sp³-hybridized carbons (Fsp3) is 0.379. The van der Waals surface area contributed by atoms with Crippen LogP contribution >= 0.6 is 11.6 Å². The summed E-state index contributed by atoms with van der Waals surface area (Å²) in [4.78, 5) is 17.4. The number of rotatable bonds is 4. The molecule has 200 valence electrons. The van der Waals surface area contributed by atoms with Crippen LogP contribution in [0.5, 0.6) is 5.75 Å². The molecule has 5 rings (SSSR count). The number of aliphatic hydroxyl groups is 1. The number of aliphatic hydroxyl groups excluding tert-OH is 1. The zero-order valence-corrected chi connectivity index (χ0v) is 23.3. The second-order valence-corrected chi connectivity index (χ2v) is 11.3. The molecule has 0 saturated carbocycles. The monoisotopic (exact) mass is 534 g/mol. The minimum Gasteiger partial charge on any atom is -0.505 e. The largest absolute Gasteiger partial charge is 0.505 e. The molecule has 1 fully saturated rings. The van der Waals surface area contributed by atoms with E-state index in [1.54, 1.807) is 53.8 Å². The maximum atomic E-state index is 11.3. The normalized spacial score (nSPS) is 18.5. The fourth-order valence-corrected chi connectivity index (χ4v) is 5.38. The molecule has 38 heavy (non-hydrogen) atoms. The van der Waals surface area contributed by atoms with Crippen molar-refractivity contribution in [2.24, 2.45) is 0 Å². The lowest BCUT2D eigenvalue weighted by Crippen LogP contribution is -2.53. The van der Waals surface area contributed by atoms with Crippen LogP contribution in [0, 0.1) is 6.92 Å². The lowest BCUT2D eigenvalue weighted by Gasteiger charge is -2.43. The van der Waals surface area contributed by atoms with Gasteiger partial charge in [0.15, 0.2) is 0 Å². The topological polar surface area (TPSA) is 79.2 Å². The molecule has 8 nitrogen and oxygen atoms in total. The lowest BCUT2D eigenvalue weighted by molar-refractivity contribution is 0.0729. The Morgan fingerprint density at radius 1 is 0.947 bits per heavy atom. The quantitative estimate of drug-likeness (QED) is 0.489. The third kappa shape index (κ3) is 4.91. The van der Waals surface area contributed by atoms with Crippen molar-refractivity contribution in [2.75, 3.05) is 43.0 Å². The van der Waals surface area contributed by atoms with E-state index in [4.69, 9.17) is 11.6 Å². The first-order valence-electron chi connectivity index (χ1n) is 12.9. The van der Waals surface area contributed by atoms with Gasteiger partial charge in [-0.3, -0.25) is 14.9 Å². The van der Waals surface area contributed by atoms with Crippen molar-refractivity contribution in [3.05, 3.63) is 65.8 Å². The summed E-state index contributed by atoms with van der Waals surface area (Å²) < 4.78 is 0. The molecule has 2 aliphatic rings. The van der Waals surface area contributed by atoms with Gasteiger partial charge in [0.05, 0.1) is 22.1 Å². The summed E-state index contributed by atoms with van der Waals surface area (Å²) in [6.07, 6.45) is 6.20. The fourth-order valence-electron chi connectivity index (χ4n) is 5.10. The molecule has 1 atom stereocenters. The Bertz CT molecular complexity index is 1360. The molecule has 2 aliphatic heterocycles. The van der Waals surface area contributed by atoms with E-state index in [2.05, 4.69) is 46.6 Å². The Hall–Kier alpha value is -3.33. The van der Waals surface area contributed by atoms with Gasteiger partial charge in [0.25, 0.3) is 0 Å². The molecule has 0 radical (unpaired) electrons. The standard InChI is InChI=1S/C29H35ClN6O2/c1-19-25(34-11-13-35(14-12-34)29(2,3)4)17-21(18-32-19)26-27(37)22(8-9-31-26)20-6-7-24(23(30)16-20)36-15-10-33(5)28(36)38/h6-10,15-18,28,37-38H,11-14H2,1-5H3.